The van der Waals surface area contributed by atoms with Crippen LogP contribution >= 0.6 is 0 Å². The molecule has 0 saturated carbocycles. The predicted molar refractivity (Wildman–Crippen MR) is 116 cm³/mol. The minimum atomic E-state index is 0.279. The molecule has 0 spiro atoms. The lowest BCUT2D eigenvalue weighted by atomic mass is 9.92. The SMILES string of the molecule is Cc1cccc(-c2nnc(CN3CCN(CC(=O)N4CC(C)CC(C)C4)CC3)o2)c1. The van der Waals surface area contributed by atoms with Crippen molar-refractivity contribution in [2.24, 2.45) is 11.8 Å². The van der Waals surface area contributed by atoms with Crippen molar-refractivity contribution in [2.75, 3.05) is 45.8 Å². The Morgan fingerprint density at radius 2 is 1.77 bits per heavy atom. The summed E-state index contributed by atoms with van der Waals surface area (Å²) in [4.78, 5) is 19.4. The van der Waals surface area contributed by atoms with E-state index in [1.807, 2.05) is 12.1 Å². The first-order valence-corrected chi connectivity index (χ1v) is 11.1. The minimum absolute atomic E-state index is 0.279. The van der Waals surface area contributed by atoms with E-state index < -0.39 is 0 Å². The lowest BCUT2D eigenvalue weighted by Gasteiger charge is -2.38. The summed E-state index contributed by atoms with van der Waals surface area (Å²) in [6.45, 7) is 13.1. The minimum Gasteiger partial charge on any atom is -0.419 e. The van der Waals surface area contributed by atoms with Gasteiger partial charge in [0.1, 0.15) is 0 Å². The van der Waals surface area contributed by atoms with Crippen LogP contribution in [0.5, 0.6) is 0 Å². The monoisotopic (exact) mass is 411 g/mol. The molecule has 30 heavy (non-hydrogen) atoms. The largest absolute Gasteiger partial charge is 0.419 e. The number of carbonyl (C=O) groups excluding carboxylic acids is 1. The van der Waals surface area contributed by atoms with E-state index in [4.69, 9.17) is 4.42 Å². The Bertz CT molecular complexity index is 849. The number of nitrogens with zero attached hydrogens (tertiary/aromatic N) is 5. The number of benzene rings is 1. The van der Waals surface area contributed by atoms with Crippen molar-refractivity contribution in [3.63, 3.8) is 0 Å². The topological polar surface area (TPSA) is 65.7 Å². The summed E-state index contributed by atoms with van der Waals surface area (Å²) in [7, 11) is 0. The fourth-order valence-electron chi connectivity index (χ4n) is 4.67. The van der Waals surface area contributed by atoms with Gasteiger partial charge in [-0.1, -0.05) is 31.5 Å². The molecular formula is C23H33N5O2. The van der Waals surface area contributed by atoms with E-state index in [0.717, 1.165) is 44.8 Å². The van der Waals surface area contributed by atoms with E-state index in [1.165, 1.54) is 12.0 Å². The highest BCUT2D eigenvalue weighted by Crippen LogP contribution is 2.22. The van der Waals surface area contributed by atoms with Crippen molar-refractivity contribution in [1.29, 1.82) is 0 Å². The van der Waals surface area contributed by atoms with Crippen molar-refractivity contribution in [2.45, 2.75) is 33.7 Å². The summed E-state index contributed by atoms with van der Waals surface area (Å²) in [6, 6.07) is 8.10. The van der Waals surface area contributed by atoms with Gasteiger partial charge in [-0.3, -0.25) is 14.6 Å². The highest BCUT2D eigenvalue weighted by Gasteiger charge is 2.27. The van der Waals surface area contributed by atoms with Crippen LogP contribution in [0.3, 0.4) is 0 Å². The maximum absolute atomic E-state index is 12.7. The molecular weight excluding hydrogens is 378 g/mol. The van der Waals surface area contributed by atoms with Crippen molar-refractivity contribution in [3.05, 3.63) is 35.7 Å². The molecule has 2 aromatic rings. The van der Waals surface area contributed by atoms with Gasteiger partial charge in [0.15, 0.2) is 0 Å². The van der Waals surface area contributed by atoms with Crippen LogP contribution in [0, 0.1) is 18.8 Å². The zero-order valence-corrected chi connectivity index (χ0v) is 18.4. The number of piperidine rings is 1. The molecule has 2 atom stereocenters. The van der Waals surface area contributed by atoms with Crippen molar-refractivity contribution < 1.29 is 9.21 Å². The number of hydrogen-bond acceptors (Lipinski definition) is 6. The van der Waals surface area contributed by atoms with Gasteiger partial charge in [0.05, 0.1) is 13.1 Å². The van der Waals surface area contributed by atoms with Gasteiger partial charge in [0.25, 0.3) is 0 Å². The summed E-state index contributed by atoms with van der Waals surface area (Å²) >= 11 is 0. The molecule has 7 heteroatoms. The molecule has 2 unspecified atom stereocenters. The smallest absolute Gasteiger partial charge is 0.247 e. The van der Waals surface area contributed by atoms with E-state index in [2.05, 4.69) is 57.8 Å². The summed E-state index contributed by atoms with van der Waals surface area (Å²) < 4.78 is 5.88. The number of rotatable bonds is 5. The highest BCUT2D eigenvalue weighted by atomic mass is 16.4. The Hall–Kier alpha value is -2.25. The highest BCUT2D eigenvalue weighted by molar-refractivity contribution is 5.78. The number of amides is 1. The van der Waals surface area contributed by atoms with Crippen molar-refractivity contribution >= 4 is 5.91 Å². The lowest BCUT2D eigenvalue weighted by molar-refractivity contribution is -0.135. The first kappa shape index (κ1) is 21.0. The molecule has 0 bridgehead atoms. The van der Waals surface area contributed by atoms with Gasteiger partial charge in [-0.2, -0.15) is 0 Å². The van der Waals surface area contributed by atoms with Crippen LogP contribution in [0.15, 0.2) is 28.7 Å². The summed E-state index contributed by atoms with van der Waals surface area (Å²) in [6.07, 6.45) is 1.23. The maximum Gasteiger partial charge on any atom is 0.247 e. The molecule has 4 rings (SSSR count). The van der Waals surface area contributed by atoms with Crippen molar-refractivity contribution in [3.8, 4) is 11.5 Å². The third-order valence-electron chi connectivity index (χ3n) is 6.14. The number of likely N-dealkylation sites (tertiary alicyclic amines) is 1. The number of aromatic nitrogens is 2. The molecule has 1 aromatic heterocycles. The van der Waals surface area contributed by atoms with Gasteiger partial charge in [-0.05, 0) is 37.3 Å². The molecule has 3 heterocycles. The predicted octanol–water partition coefficient (Wildman–Crippen LogP) is 2.67. The second kappa shape index (κ2) is 9.27. The number of piperazine rings is 1. The van der Waals surface area contributed by atoms with Gasteiger partial charge in [0, 0.05) is 44.8 Å². The molecule has 1 amide bonds. The Kier molecular flexibility index (Phi) is 6.49. The van der Waals surface area contributed by atoms with Crippen LogP contribution in [-0.4, -0.2) is 76.6 Å². The Morgan fingerprint density at radius 1 is 1.07 bits per heavy atom. The molecule has 162 valence electrons. The van der Waals surface area contributed by atoms with Crippen LogP contribution in [-0.2, 0) is 11.3 Å². The molecule has 2 fully saturated rings. The molecule has 2 saturated heterocycles. The normalized spacial score (nSPS) is 23.6. The van der Waals surface area contributed by atoms with E-state index in [1.54, 1.807) is 0 Å². The molecule has 0 aliphatic carbocycles. The third kappa shape index (κ3) is 5.26. The summed E-state index contributed by atoms with van der Waals surface area (Å²) in [5.41, 5.74) is 2.13. The number of aryl methyl sites for hydroxylation is 1. The second-order valence-corrected chi connectivity index (χ2v) is 9.17. The quantitative estimate of drug-likeness (QED) is 0.754. The van der Waals surface area contributed by atoms with E-state index in [9.17, 15) is 4.79 Å². The standard InChI is InChI=1S/C23H33N5O2/c1-17-5-4-6-20(12-17)23-25-24-21(30-23)15-26-7-9-27(10-8-26)16-22(29)28-13-18(2)11-19(3)14-28/h4-6,12,18-19H,7-11,13-16H2,1-3H3. The molecule has 7 nitrogen and oxygen atoms in total. The zero-order valence-electron chi connectivity index (χ0n) is 18.4. The average molecular weight is 412 g/mol. The first-order valence-electron chi connectivity index (χ1n) is 11.1. The average Bonchev–Trinajstić information content (AvgIpc) is 3.17. The second-order valence-electron chi connectivity index (χ2n) is 9.17. The fraction of sp³-hybridized carbons (Fsp3) is 0.609. The van der Waals surface area contributed by atoms with Gasteiger partial charge in [-0.25, -0.2) is 0 Å². The van der Waals surface area contributed by atoms with Crippen LogP contribution < -0.4 is 0 Å². The van der Waals surface area contributed by atoms with Gasteiger partial charge in [-0.15, -0.1) is 10.2 Å². The maximum atomic E-state index is 12.7. The third-order valence-corrected chi connectivity index (χ3v) is 6.14. The zero-order chi connectivity index (χ0) is 21.1. The van der Waals surface area contributed by atoms with Crippen LogP contribution in [0.1, 0.15) is 31.7 Å². The Labute approximate surface area is 179 Å². The van der Waals surface area contributed by atoms with Crippen LogP contribution in [0.4, 0.5) is 0 Å². The van der Waals surface area contributed by atoms with Gasteiger partial charge >= 0.3 is 0 Å². The molecule has 2 aliphatic heterocycles. The lowest BCUT2D eigenvalue weighted by Crippen LogP contribution is -2.51. The van der Waals surface area contributed by atoms with E-state index >= 15 is 0 Å². The van der Waals surface area contributed by atoms with Gasteiger partial charge < -0.3 is 9.32 Å². The van der Waals surface area contributed by atoms with E-state index in [-0.39, 0.29) is 5.91 Å². The van der Waals surface area contributed by atoms with Crippen molar-refractivity contribution in [1.82, 2.24) is 24.9 Å². The molecule has 0 N–H and O–H groups in total. The van der Waals surface area contributed by atoms with Crippen LogP contribution in [0.2, 0.25) is 0 Å². The molecule has 1 aromatic carbocycles. The summed E-state index contributed by atoms with van der Waals surface area (Å²) in [5, 5.41) is 8.43. The molecule has 0 radical (unpaired) electrons. The number of carbonyl (C=O) groups is 1. The fourth-order valence-corrected chi connectivity index (χ4v) is 4.67. The summed E-state index contributed by atoms with van der Waals surface area (Å²) in [5.74, 6) is 2.71. The van der Waals surface area contributed by atoms with E-state index in [0.29, 0.717) is 36.7 Å². The Balaban J connectivity index is 1.25. The Morgan fingerprint density at radius 3 is 2.47 bits per heavy atom. The number of hydrogen-bond donors (Lipinski definition) is 0. The first-order chi connectivity index (χ1) is 14.5. The molecule has 2 aliphatic rings. The van der Waals surface area contributed by atoms with Crippen LogP contribution in [0.25, 0.3) is 11.5 Å². The van der Waals surface area contributed by atoms with Gasteiger partial charge in [0.2, 0.25) is 17.7 Å².